The Kier molecular flexibility index (Phi) is 6.60. The highest BCUT2D eigenvalue weighted by atomic mass is 16.3. The van der Waals surface area contributed by atoms with Gasteiger partial charge < -0.3 is 20.8 Å². The Bertz CT molecular complexity index is 787. The summed E-state index contributed by atoms with van der Waals surface area (Å²) in [6, 6.07) is 11.1. The molecule has 0 heterocycles. The highest BCUT2D eigenvalue weighted by molar-refractivity contribution is 5.97. The van der Waals surface area contributed by atoms with Gasteiger partial charge in [0.1, 0.15) is 11.5 Å². The molecule has 6 heteroatoms. The van der Waals surface area contributed by atoms with Crippen molar-refractivity contribution in [3.05, 3.63) is 59.2 Å². The van der Waals surface area contributed by atoms with Gasteiger partial charge in [-0.3, -0.25) is 9.59 Å². The fraction of sp³-hybridized carbons (Fsp3) is 0.300. The third-order valence-electron chi connectivity index (χ3n) is 3.96. The normalized spacial score (nSPS) is 10.6. The molecule has 2 rings (SSSR count). The molecule has 0 saturated heterocycles. The van der Waals surface area contributed by atoms with E-state index in [0.29, 0.717) is 25.1 Å². The van der Waals surface area contributed by atoms with Gasteiger partial charge in [0, 0.05) is 18.7 Å². The molecule has 2 amide bonds. The van der Waals surface area contributed by atoms with Crippen LogP contribution in [0, 0.1) is 0 Å². The van der Waals surface area contributed by atoms with E-state index in [4.69, 9.17) is 0 Å². The Balaban J connectivity index is 1.78. The number of hydrogen-bond donors (Lipinski definition) is 4. The summed E-state index contributed by atoms with van der Waals surface area (Å²) in [5, 5.41) is 24.7. The van der Waals surface area contributed by atoms with Gasteiger partial charge in [-0.25, -0.2) is 0 Å². The van der Waals surface area contributed by atoms with Crippen LogP contribution in [0.3, 0.4) is 0 Å². The van der Waals surface area contributed by atoms with Crippen LogP contribution in [0.2, 0.25) is 0 Å². The Morgan fingerprint density at radius 3 is 2.31 bits per heavy atom. The Morgan fingerprint density at radius 1 is 0.962 bits per heavy atom. The van der Waals surface area contributed by atoms with Crippen LogP contribution >= 0.6 is 0 Å². The molecule has 0 bridgehead atoms. The lowest BCUT2D eigenvalue weighted by atomic mass is 10.00. The summed E-state index contributed by atoms with van der Waals surface area (Å²) in [7, 11) is 0. The second-order valence-corrected chi connectivity index (χ2v) is 6.35. The van der Waals surface area contributed by atoms with Crippen molar-refractivity contribution in [2.24, 2.45) is 0 Å². The average molecular weight is 356 g/mol. The molecule has 2 aromatic carbocycles. The molecule has 0 aromatic heterocycles. The van der Waals surface area contributed by atoms with Crippen LogP contribution in [0.15, 0.2) is 42.5 Å². The first-order valence-electron chi connectivity index (χ1n) is 8.57. The van der Waals surface area contributed by atoms with Crippen molar-refractivity contribution < 1.29 is 19.8 Å². The predicted molar refractivity (Wildman–Crippen MR) is 99.6 cm³/mol. The molecule has 0 saturated carbocycles. The summed E-state index contributed by atoms with van der Waals surface area (Å²) in [4.78, 5) is 24.1. The van der Waals surface area contributed by atoms with Gasteiger partial charge in [-0.05, 0) is 48.2 Å². The minimum atomic E-state index is -0.343. The van der Waals surface area contributed by atoms with Crippen LogP contribution < -0.4 is 10.6 Å². The number of phenolic OH excluding ortho intramolecular Hbond substituents is 2. The zero-order valence-electron chi connectivity index (χ0n) is 15.0. The van der Waals surface area contributed by atoms with Crippen molar-refractivity contribution in [2.75, 3.05) is 13.1 Å². The van der Waals surface area contributed by atoms with E-state index in [9.17, 15) is 19.8 Å². The third kappa shape index (κ3) is 5.24. The SMILES string of the molecule is CC(C)c1ccc(O)c(C(=O)NCCCNC(=O)c2cccc(O)c2)c1. The molecule has 6 nitrogen and oxygen atoms in total. The van der Waals surface area contributed by atoms with Gasteiger partial charge in [-0.2, -0.15) is 0 Å². The first kappa shape index (κ1) is 19.3. The summed E-state index contributed by atoms with van der Waals surface area (Å²) in [6.45, 7) is 4.78. The molecule has 2 aromatic rings. The number of amides is 2. The van der Waals surface area contributed by atoms with E-state index in [1.807, 2.05) is 13.8 Å². The number of phenols is 2. The van der Waals surface area contributed by atoms with E-state index in [1.165, 1.54) is 18.2 Å². The smallest absolute Gasteiger partial charge is 0.255 e. The number of nitrogens with one attached hydrogen (secondary N) is 2. The lowest BCUT2D eigenvalue weighted by Crippen LogP contribution is -2.30. The number of aromatic hydroxyl groups is 2. The maximum atomic E-state index is 12.2. The topological polar surface area (TPSA) is 98.7 Å². The maximum absolute atomic E-state index is 12.2. The van der Waals surface area contributed by atoms with E-state index in [0.717, 1.165) is 5.56 Å². The molecule has 138 valence electrons. The van der Waals surface area contributed by atoms with Crippen molar-refractivity contribution in [2.45, 2.75) is 26.2 Å². The Hall–Kier alpha value is -3.02. The maximum Gasteiger partial charge on any atom is 0.255 e. The molecule has 0 atom stereocenters. The van der Waals surface area contributed by atoms with Gasteiger partial charge in [0.2, 0.25) is 0 Å². The van der Waals surface area contributed by atoms with E-state index in [2.05, 4.69) is 10.6 Å². The van der Waals surface area contributed by atoms with Crippen molar-refractivity contribution in [1.29, 1.82) is 0 Å². The Morgan fingerprint density at radius 2 is 1.65 bits per heavy atom. The monoisotopic (exact) mass is 356 g/mol. The van der Waals surface area contributed by atoms with Gasteiger partial charge in [-0.1, -0.05) is 26.0 Å². The number of carbonyl (C=O) groups is 2. The van der Waals surface area contributed by atoms with Crippen LogP contribution in [-0.2, 0) is 0 Å². The molecular formula is C20H24N2O4. The standard InChI is InChI=1S/C20H24N2O4/c1-13(2)14-7-8-18(24)17(12-14)20(26)22-10-4-9-21-19(25)15-5-3-6-16(23)11-15/h3,5-8,11-13,23-24H,4,9-10H2,1-2H3,(H,21,25)(H,22,26). The van der Waals surface area contributed by atoms with Crippen molar-refractivity contribution in [3.8, 4) is 11.5 Å². The molecule has 0 aliphatic carbocycles. The summed E-state index contributed by atoms with van der Waals surface area (Å²) in [5.74, 6) is -0.383. The fourth-order valence-corrected chi connectivity index (χ4v) is 2.43. The van der Waals surface area contributed by atoms with E-state index >= 15 is 0 Å². The van der Waals surface area contributed by atoms with Crippen LogP contribution in [-0.4, -0.2) is 35.1 Å². The second kappa shape index (κ2) is 8.89. The molecule has 0 unspecified atom stereocenters. The second-order valence-electron chi connectivity index (χ2n) is 6.35. The van der Waals surface area contributed by atoms with Crippen molar-refractivity contribution >= 4 is 11.8 Å². The van der Waals surface area contributed by atoms with Gasteiger partial charge >= 0.3 is 0 Å². The molecule has 4 N–H and O–H groups in total. The van der Waals surface area contributed by atoms with Crippen LogP contribution in [0.25, 0.3) is 0 Å². The molecule has 0 aliphatic rings. The lowest BCUT2D eigenvalue weighted by Gasteiger charge is -2.11. The zero-order valence-corrected chi connectivity index (χ0v) is 15.0. The molecular weight excluding hydrogens is 332 g/mol. The fourth-order valence-electron chi connectivity index (χ4n) is 2.43. The zero-order chi connectivity index (χ0) is 19.1. The number of benzene rings is 2. The quantitative estimate of drug-likeness (QED) is 0.573. The lowest BCUT2D eigenvalue weighted by molar-refractivity contribution is 0.0950. The Labute approximate surface area is 152 Å². The molecule has 0 spiro atoms. The summed E-state index contributed by atoms with van der Waals surface area (Å²) in [6.07, 6.45) is 0.543. The third-order valence-corrected chi connectivity index (χ3v) is 3.96. The van der Waals surface area contributed by atoms with Gasteiger partial charge in [0.25, 0.3) is 11.8 Å². The number of carbonyl (C=O) groups excluding carboxylic acids is 2. The highest BCUT2D eigenvalue weighted by Gasteiger charge is 2.13. The predicted octanol–water partition coefficient (Wildman–Crippen LogP) is 2.77. The van der Waals surface area contributed by atoms with Crippen LogP contribution in [0.1, 0.15) is 52.5 Å². The average Bonchev–Trinajstić information content (AvgIpc) is 2.61. The molecule has 0 aliphatic heterocycles. The first-order valence-corrected chi connectivity index (χ1v) is 8.57. The van der Waals surface area contributed by atoms with Crippen molar-refractivity contribution in [3.63, 3.8) is 0 Å². The molecule has 0 radical (unpaired) electrons. The number of hydrogen-bond acceptors (Lipinski definition) is 4. The van der Waals surface area contributed by atoms with Gasteiger partial charge in [0.05, 0.1) is 5.56 Å². The van der Waals surface area contributed by atoms with Crippen LogP contribution in [0.5, 0.6) is 11.5 Å². The van der Waals surface area contributed by atoms with Crippen LogP contribution in [0.4, 0.5) is 0 Å². The van der Waals surface area contributed by atoms with Crippen molar-refractivity contribution in [1.82, 2.24) is 10.6 Å². The first-order chi connectivity index (χ1) is 12.4. The minimum Gasteiger partial charge on any atom is -0.508 e. The number of rotatable bonds is 7. The summed E-state index contributed by atoms with van der Waals surface area (Å²) < 4.78 is 0. The van der Waals surface area contributed by atoms with Gasteiger partial charge in [-0.15, -0.1) is 0 Å². The minimum absolute atomic E-state index is 0.0355. The highest BCUT2D eigenvalue weighted by Crippen LogP contribution is 2.23. The summed E-state index contributed by atoms with van der Waals surface area (Å²) >= 11 is 0. The largest absolute Gasteiger partial charge is 0.508 e. The van der Waals surface area contributed by atoms with E-state index in [-0.39, 0.29) is 34.8 Å². The summed E-state index contributed by atoms with van der Waals surface area (Å²) in [5.41, 5.74) is 1.61. The van der Waals surface area contributed by atoms with Gasteiger partial charge in [0.15, 0.2) is 0 Å². The molecule has 26 heavy (non-hydrogen) atoms. The van der Waals surface area contributed by atoms with E-state index < -0.39 is 0 Å². The molecule has 0 fully saturated rings. The van der Waals surface area contributed by atoms with E-state index in [1.54, 1.807) is 24.3 Å².